The molecule has 0 N–H and O–H groups in total. The van der Waals surface area contributed by atoms with Crippen molar-refractivity contribution in [3.05, 3.63) is 83.7 Å². The summed E-state index contributed by atoms with van der Waals surface area (Å²) in [5.41, 5.74) is 0.874. The molecule has 4 nitrogen and oxygen atoms in total. The van der Waals surface area contributed by atoms with Crippen LogP contribution < -0.4 is 0 Å². The summed E-state index contributed by atoms with van der Waals surface area (Å²) in [6.07, 6.45) is 0.368. The van der Waals surface area contributed by atoms with E-state index in [1.54, 1.807) is 6.07 Å². The predicted octanol–water partition coefficient (Wildman–Crippen LogP) is 3.81. The van der Waals surface area contributed by atoms with Crippen LogP contribution in [-0.2, 0) is 16.4 Å². The zero-order chi connectivity index (χ0) is 19.7. The number of rotatable bonds is 4. The maximum absolute atomic E-state index is 14.3. The average Bonchev–Trinajstić information content (AvgIpc) is 3.05. The maximum Gasteiger partial charge on any atom is 0.257 e. The minimum absolute atomic E-state index is 0.0352. The summed E-state index contributed by atoms with van der Waals surface area (Å²) in [4.78, 5) is 14.7. The number of carbonyl (C=O) groups excluding carboxylic acids is 1. The van der Waals surface area contributed by atoms with Gasteiger partial charge >= 0.3 is 0 Å². The van der Waals surface area contributed by atoms with Crippen molar-refractivity contribution in [2.45, 2.75) is 19.0 Å². The lowest BCUT2D eigenvalue weighted by Gasteiger charge is -2.29. The van der Waals surface area contributed by atoms with Crippen molar-refractivity contribution in [3.8, 4) is 0 Å². The number of hydrogen-bond acceptors (Lipinski definition) is 3. The molecule has 0 spiro atoms. The highest BCUT2D eigenvalue weighted by Gasteiger charge is 2.35. The van der Waals surface area contributed by atoms with Crippen molar-refractivity contribution in [3.63, 3.8) is 0 Å². The summed E-state index contributed by atoms with van der Waals surface area (Å²) in [6, 6.07) is 19.0. The van der Waals surface area contributed by atoms with Crippen LogP contribution in [0.5, 0.6) is 0 Å². The standard InChI is InChI=1S/C22H20FNO3S/c23-21-11-4-3-10-20(21)22(25)24(18-12-13-28(26,27)15-18)14-17-8-5-7-16-6-1-2-9-19(16)17/h1-11,18H,12-15H2/t18-/m1/s1. The number of amides is 1. The fourth-order valence-electron chi connectivity index (χ4n) is 3.79. The molecule has 4 rings (SSSR count). The molecule has 1 atom stereocenters. The van der Waals surface area contributed by atoms with Crippen LogP contribution in [0.1, 0.15) is 22.3 Å². The monoisotopic (exact) mass is 397 g/mol. The summed E-state index contributed by atoms with van der Waals surface area (Å²) in [7, 11) is -3.19. The Morgan fingerprint density at radius 3 is 2.46 bits per heavy atom. The van der Waals surface area contributed by atoms with E-state index in [2.05, 4.69) is 0 Å². The molecule has 0 bridgehead atoms. The van der Waals surface area contributed by atoms with E-state index in [-0.39, 0.29) is 23.6 Å². The molecule has 0 aliphatic carbocycles. The Morgan fingerprint density at radius 1 is 1.00 bits per heavy atom. The van der Waals surface area contributed by atoms with Crippen LogP contribution in [0, 0.1) is 5.82 Å². The van der Waals surface area contributed by atoms with Gasteiger partial charge in [-0.15, -0.1) is 0 Å². The van der Waals surface area contributed by atoms with Crippen LogP contribution in [0.3, 0.4) is 0 Å². The molecule has 28 heavy (non-hydrogen) atoms. The molecule has 1 aliphatic rings. The first-order valence-electron chi connectivity index (χ1n) is 9.17. The number of sulfone groups is 1. The number of carbonyl (C=O) groups is 1. The van der Waals surface area contributed by atoms with Crippen LogP contribution in [0.15, 0.2) is 66.7 Å². The van der Waals surface area contributed by atoms with Crippen molar-refractivity contribution in [2.75, 3.05) is 11.5 Å². The van der Waals surface area contributed by atoms with Gasteiger partial charge in [-0.3, -0.25) is 4.79 Å². The van der Waals surface area contributed by atoms with E-state index < -0.39 is 27.6 Å². The molecular weight excluding hydrogens is 377 g/mol. The fourth-order valence-corrected chi connectivity index (χ4v) is 5.52. The van der Waals surface area contributed by atoms with Crippen LogP contribution in [0.25, 0.3) is 10.8 Å². The lowest BCUT2D eigenvalue weighted by molar-refractivity contribution is 0.0677. The quantitative estimate of drug-likeness (QED) is 0.673. The zero-order valence-electron chi connectivity index (χ0n) is 15.2. The highest BCUT2D eigenvalue weighted by molar-refractivity contribution is 7.91. The van der Waals surface area contributed by atoms with Gasteiger partial charge in [0.15, 0.2) is 9.84 Å². The van der Waals surface area contributed by atoms with Crippen molar-refractivity contribution in [2.24, 2.45) is 0 Å². The lowest BCUT2D eigenvalue weighted by Crippen LogP contribution is -2.41. The fraction of sp³-hybridized carbons (Fsp3) is 0.227. The lowest BCUT2D eigenvalue weighted by atomic mass is 10.0. The molecule has 144 valence electrons. The van der Waals surface area contributed by atoms with E-state index in [1.165, 1.54) is 23.1 Å². The average molecular weight is 397 g/mol. The largest absolute Gasteiger partial charge is 0.330 e. The minimum atomic E-state index is -3.19. The number of benzene rings is 3. The first-order valence-corrected chi connectivity index (χ1v) is 11.0. The van der Waals surface area contributed by atoms with Gasteiger partial charge in [-0.05, 0) is 34.9 Å². The summed E-state index contributed by atoms with van der Waals surface area (Å²) in [5.74, 6) is -1.11. The Bertz CT molecular complexity index is 1140. The summed E-state index contributed by atoms with van der Waals surface area (Å²) in [6.45, 7) is 0.231. The van der Waals surface area contributed by atoms with Gasteiger partial charge in [0, 0.05) is 12.6 Å². The van der Waals surface area contributed by atoms with Gasteiger partial charge in [0.25, 0.3) is 5.91 Å². The molecule has 1 amide bonds. The third-order valence-electron chi connectivity index (χ3n) is 5.23. The predicted molar refractivity (Wildman–Crippen MR) is 107 cm³/mol. The smallest absolute Gasteiger partial charge is 0.257 e. The van der Waals surface area contributed by atoms with Gasteiger partial charge in [0.2, 0.25) is 0 Å². The van der Waals surface area contributed by atoms with Crippen molar-refractivity contribution in [1.29, 1.82) is 0 Å². The normalized spacial score (nSPS) is 18.2. The van der Waals surface area contributed by atoms with E-state index in [0.717, 1.165) is 16.3 Å². The van der Waals surface area contributed by atoms with Crippen LogP contribution in [0.2, 0.25) is 0 Å². The highest BCUT2D eigenvalue weighted by Crippen LogP contribution is 2.26. The maximum atomic E-state index is 14.3. The van der Waals surface area contributed by atoms with Gasteiger partial charge in [0.05, 0.1) is 17.1 Å². The van der Waals surface area contributed by atoms with Crippen LogP contribution >= 0.6 is 0 Å². The summed E-state index contributed by atoms with van der Waals surface area (Å²) in [5, 5.41) is 2.04. The molecule has 1 heterocycles. The number of fused-ring (bicyclic) bond motifs is 1. The second-order valence-electron chi connectivity index (χ2n) is 7.11. The Balaban J connectivity index is 1.75. The Morgan fingerprint density at radius 2 is 1.71 bits per heavy atom. The Kier molecular flexibility index (Phi) is 4.89. The Hall–Kier alpha value is -2.73. The van der Waals surface area contributed by atoms with Crippen LogP contribution in [-0.4, -0.2) is 36.8 Å². The van der Waals surface area contributed by atoms with Crippen molar-refractivity contribution < 1.29 is 17.6 Å². The Labute approximate surface area is 163 Å². The highest BCUT2D eigenvalue weighted by atomic mass is 32.2. The number of halogens is 1. The molecule has 0 saturated carbocycles. The summed E-state index contributed by atoms with van der Waals surface area (Å²) >= 11 is 0. The summed E-state index contributed by atoms with van der Waals surface area (Å²) < 4.78 is 38.3. The first-order chi connectivity index (χ1) is 13.4. The van der Waals surface area contributed by atoms with Crippen molar-refractivity contribution >= 4 is 26.5 Å². The van der Waals surface area contributed by atoms with Gasteiger partial charge in [-0.2, -0.15) is 0 Å². The molecule has 0 radical (unpaired) electrons. The number of nitrogens with zero attached hydrogens (tertiary/aromatic N) is 1. The van der Waals surface area contributed by atoms with Crippen LogP contribution in [0.4, 0.5) is 4.39 Å². The molecule has 1 aliphatic heterocycles. The van der Waals surface area contributed by atoms with E-state index in [1.807, 2.05) is 42.5 Å². The topological polar surface area (TPSA) is 54.5 Å². The SMILES string of the molecule is O=C(c1ccccc1F)N(Cc1cccc2ccccc12)[C@@H]1CCS(=O)(=O)C1. The molecular formula is C22H20FNO3S. The molecule has 1 fully saturated rings. The third kappa shape index (κ3) is 3.64. The van der Waals surface area contributed by atoms with Crippen molar-refractivity contribution in [1.82, 2.24) is 4.90 Å². The molecule has 3 aromatic rings. The minimum Gasteiger partial charge on any atom is -0.330 e. The molecule has 0 unspecified atom stereocenters. The molecule has 3 aromatic carbocycles. The van der Waals surface area contributed by atoms with E-state index in [9.17, 15) is 17.6 Å². The second-order valence-corrected chi connectivity index (χ2v) is 9.34. The third-order valence-corrected chi connectivity index (χ3v) is 6.99. The van der Waals surface area contributed by atoms with Gasteiger partial charge in [0.1, 0.15) is 5.82 Å². The first kappa shape index (κ1) is 18.6. The molecule has 0 aromatic heterocycles. The van der Waals surface area contributed by atoms with E-state index in [4.69, 9.17) is 0 Å². The van der Waals surface area contributed by atoms with Gasteiger partial charge in [-0.1, -0.05) is 54.6 Å². The molecule has 1 saturated heterocycles. The zero-order valence-corrected chi connectivity index (χ0v) is 16.0. The van der Waals surface area contributed by atoms with E-state index in [0.29, 0.717) is 6.42 Å². The number of hydrogen-bond donors (Lipinski definition) is 0. The van der Waals surface area contributed by atoms with E-state index >= 15 is 0 Å². The molecule has 6 heteroatoms. The van der Waals surface area contributed by atoms with Gasteiger partial charge < -0.3 is 4.90 Å². The van der Waals surface area contributed by atoms with Gasteiger partial charge in [-0.25, -0.2) is 12.8 Å². The second kappa shape index (κ2) is 7.36.